The van der Waals surface area contributed by atoms with E-state index in [2.05, 4.69) is 23.3 Å². The van der Waals surface area contributed by atoms with E-state index < -0.39 is 0 Å². The van der Waals surface area contributed by atoms with Crippen molar-refractivity contribution in [2.45, 2.75) is 83.6 Å². The molecule has 1 aromatic heterocycles. The van der Waals surface area contributed by atoms with Gasteiger partial charge in [0.1, 0.15) is 0 Å². The summed E-state index contributed by atoms with van der Waals surface area (Å²) in [4.78, 5) is 4.38. The molecule has 0 unspecified atom stereocenters. The van der Waals surface area contributed by atoms with Crippen LogP contribution in [0.2, 0.25) is 0 Å². The van der Waals surface area contributed by atoms with E-state index in [0.29, 0.717) is 6.04 Å². The van der Waals surface area contributed by atoms with Gasteiger partial charge in [-0.05, 0) is 31.9 Å². The van der Waals surface area contributed by atoms with Gasteiger partial charge in [-0.25, -0.2) is 0 Å². The Hall–Kier alpha value is -1.05. The number of rotatable bonds is 2. The molecule has 1 N–H and O–H groups in total. The zero-order valence-corrected chi connectivity index (χ0v) is 13.0. The summed E-state index contributed by atoms with van der Waals surface area (Å²) in [6.45, 7) is 2.09. The van der Waals surface area contributed by atoms with Crippen molar-refractivity contribution in [1.82, 2.24) is 4.98 Å². The van der Waals surface area contributed by atoms with Gasteiger partial charge in [0, 0.05) is 12.2 Å². The minimum Gasteiger partial charge on any atom is -0.381 e. The molecule has 20 heavy (non-hydrogen) atoms. The van der Waals surface area contributed by atoms with Gasteiger partial charge in [-0.1, -0.05) is 57.8 Å². The third-order valence-electron chi connectivity index (χ3n) is 4.47. The first-order valence-electron chi connectivity index (χ1n) is 8.54. The van der Waals surface area contributed by atoms with Gasteiger partial charge in [-0.2, -0.15) is 0 Å². The summed E-state index contributed by atoms with van der Waals surface area (Å²) < 4.78 is 0. The average molecular weight is 274 g/mol. The smallest absolute Gasteiger partial charge is 0.0603 e. The Balaban J connectivity index is 1.87. The second-order valence-corrected chi connectivity index (χ2v) is 6.24. The van der Waals surface area contributed by atoms with Crippen LogP contribution < -0.4 is 5.32 Å². The van der Waals surface area contributed by atoms with E-state index >= 15 is 0 Å². The maximum atomic E-state index is 4.38. The minimum atomic E-state index is 0.636. The molecule has 1 aliphatic carbocycles. The topological polar surface area (TPSA) is 24.9 Å². The minimum absolute atomic E-state index is 0.636. The fourth-order valence-corrected chi connectivity index (χ4v) is 3.16. The van der Waals surface area contributed by atoms with Gasteiger partial charge >= 0.3 is 0 Å². The summed E-state index contributed by atoms with van der Waals surface area (Å²) >= 11 is 0. The standard InChI is InChI=1S/C18H30N2/c1-16-18(14-11-15-19-16)20-17-12-9-7-5-3-2-4-6-8-10-13-17/h11,14-15,17,20H,2-10,12-13H2,1H3. The molecule has 0 saturated heterocycles. The number of aromatic nitrogens is 1. The van der Waals surface area contributed by atoms with Crippen LogP contribution in [-0.4, -0.2) is 11.0 Å². The Bertz CT molecular complexity index is 363. The quantitative estimate of drug-likeness (QED) is 0.773. The number of pyridine rings is 1. The lowest BCUT2D eigenvalue weighted by Crippen LogP contribution is -2.20. The molecule has 0 aromatic carbocycles. The summed E-state index contributed by atoms with van der Waals surface area (Å²) in [5.41, 5.74) is 2.35. The molecule has 1 aromatic rings. The maximum Gasteiger partial charge on any atom is 0.0603 e. The zero-order valence-electron chi connectivity index (χ0n) is 13.0. The normalized spacial score (nSPS) is 19.9. The van der Waals surface area contributed by atoms with Gasteiger partial charge in [-0.15, -0.1) is 0 Å². The van der Waals surface area contributed by atoms with Crippen LogP contribution in [0.4, 0.5) is 5.69 Å². The molecular weight excluding hydrogens is 244 g/mol. The van der Waals surface area contributed by atoms with Gasteiger partial charge in [0.2, 0.25) is 0 Å². The Labute approximate surface area is 124 Å². The molecule has 2 rings (SSSR count). The summed E-state index contributed by atoms with van der Waals surface area (Å²) in [6.07, 6.45) is 17.3. The molecular formula is C18H30N2. The third kappa shape index (κ3) is 5.52. The highest BCUT2D eigenvalue weighted by Gasteiger charge is 2.10. The van der Waals surface area contributed by atoms with Crippen LogP contribution in [0.3, 0.4) is 0 Å². The molecule has 112 valence electrons. The van der Waals surface area contributed by atoms with Gasteiger partial charge in [-0.3, -0.25) is 4.98 Å². The third-order valence-corrected chi connectivity index (χ3v) is 4.47. The lowest BCUT2D eigenvalue weighted by atomic mass is 9.97. The maximum absolute atomic E-state index is 4.38. The molecule has 1 fully saturated rings. The highest BCUT2D eigenvalue weighted by Crippen LogP contribution is 2.21. The summed E-state index contributed by atoms with van der Waals surface area (Å²) in [5.74, 6) is 0. The Kier molecular flexibility index (Phi) is 6.90. The molecule has 2 nitrogen and oxygen atoms in total. The summed E-state index contributed by atoms with van der Waals surface area (Å²) in [6, 6.07) is 4.83. The van der Waals surface area contributed by atoms with Crippen molar-refractivity contribution in [2.24, 2.45) is 0 Å². The number of nitrogens with one attached hydrogen (secondary N) is 1. The van der Waals surface area contributed by atoms with E-state index in [1.807, 2.05) is 12.3 Å². The molecule has 0 radical (unpaired) electrons. The van der Waals surface area contributed by atoms with E-state index in [1.54, 1.807) is 0 Å². The van der Waals surface area contributed by atoms with Gasteiger partial charge in [0.05, 0.1) is 11.4 Å². The summed E-state index contributed by atoms with van der Waals surface area (Å²) in [5, 5.41) is 3.74. The van der Waals surface area contributed by atoms with Crippen LogP contribution in [0.1, 0.15) is 76.3 Å². The van der Waals surface area contributed by atoms with E-state index in [9.17, 15) is 0 Å². The highest BCUT2D eigenvalue weighted by molar-refractivity contribution is 5.47. The lowest BCUT2D eigenvalue weighted by molar-refractivity contribution is 0.480. The fraction of sp³-hybridized carbons (Fsp3) is 0.722. The predicted octanol–water partition coefficient (Wildman–Crippen LogP) is 5.48. The van der Waals surface area contributed by atoms with Crippen LogP contribution in [-0.2, 0) is 0 Å². The predicted molar refractivity (Wildman–Crippen MR) is 87.2 cm³/mol. The van der Waals surface area contributed by atoms with Crippen molar-refractivity contribution in [2.75, 3.05) is 5.32 Å². The first-order chi connectivity index (χ1) is 9.86. The molecule has 0 aliphatic heterocycles. The lowest BCUT2D eigenvalue weighted by Gasteiger charge is -2.21. The first-order valence-corrected chi connectivity index (χ1v) is 8.54. The Morgan fingerprint density at radius 1 is 0.900 bits per heavy atom. The van der Waals surface area contributed by atoms with Crippen molar-refractivity contribution in [3.05, 3.63) is 24.0 Å². The zero-order chi connectivity index (χ0) is 14.0. The van der Waals surface area contributed by atoms with E-state index in [4.69, 9.17) is 0 Å². The van der Waals surface area contributed by atoms with Crippen molar-refractivity contribution in [1.29, 1.82) is 0 Å². The van der Waals surface area contributed by atoms with Crippen LogP contribution in [0, 0.1) is 6.92 Å². The first kappa shape index (κ1) is 15.3. The molecule has 0 bridgehead atoms. The number of hydrogen-bond acceptors (Lipinski definition) is 2. The fourth-order valence-electron chi connectivity index (χ4n) is 3.16. The second kappa shape index (κ2) is 8.99. The molecule has 0 atom stereocenters. The molecule has 1 heterocycles. The van der Waals surface area contributed by atoms with E-state index in [-0.39, 0.29) is 0 Å². The van der Waals surface area contributed by atoms with Crippen LogP contribution in [0.15, 0.2) is 18.3 Å². The van der Waals surface area contributed by atoms with Crippen molar-refractivity contribution in [3.8, 4) is 0 Å². The number of aryl methyl sites for hydroxylation is 1. The van der Waals surface area contributed by atoms with Crippen LogP contribution in [0.5, 0.6) is 0 Å². The van der Waals surface area contributed by atoms with Gasteiger partial charge in [0.25, 0.3) is 0 Å². The van der Waals surface area contributed by atoms with Crippen molar-refractivity contribution >= 4 is 5.69 Å². The van der Waals surface area contributed by atoms with Crippen LogP contribution >= 0.6 is 0 Å². The van der Waals surface area contributed by atoms with Crippen molar-refractivity contribution in [3.63, 3.8) is 0 Å². The van der Waals surface area contributed by atoms with E-state index in [0.717, 1.165) is 5.69 Å². The molecule has 1 aliphatic rings. The number of anilines is 1. The van der Waals surface area contributed by atoms with Gasteiger partial charge < -0.3 is 5.32 Å². The molecule has 2 heteroatoms. The number of hydrogen-bond donors (Lipinski definition) is 1. The molecule has 0 amide bonds. The Morgan fingerprint density at radius 3 is 2.00 bits per heavy atom. The molecule has 1 saturated carbocycles. The Morgan fingerprint density at radius 2 is 1.45 bits per heavy atom. The molecule has 0 spiro atoms. The van der Waals surface area contributed by atoms with E-state index in [1.165, 1.54) is 76.3 Å². The van der Waals surface area contributed by atoms with Crippen LogP contribution in [0.25, 0.3) is 0 Å². The van der Waals surface area contributed by atoms with Gasteiger partial charge in [0.15, 0.2) is 0 Å². The monoisotopic (exact) mass is 274 g/mol. The largest absolute Gasteiger partial charge is 0.381 e. The second-order valence-electron chi connectivity index (χ2n) is 6.24. The van der Waals surface area contributed by atoms with Crippen molar-refractivity contribution < 1.29 is 0 Å². The SMILES string of the molecule is Cc1ncccc1NC1CCCCCCCCCCC1. The summed E-state index contributed by atoms with van der Waals surface area (Å²) in [7, 11) is 0. The highest BCUT2D eigenvalue weighted by atomic mass is 14.9. The average Bonchev–Trinajstić information content (AvgIpc) is 2.44. The number of nitrogens with zero attached hydrogens (tertiary/aromatic N) is 1.